The van der Waals surface area contributed by atoms with Crippen LogP contribution >= 0.6 is 0 Å². The molecule has 0 atom stereocenters. The van der Waals surface area contributed by atoms with E-state index in [4.69, 9.17) is 4.74 Å². The molecule has 0 aromatic heterocycles. The van der Waals surface area contributed by atoms with E-state index in [1.807, 2.05) is 105 Å². The van der Waals surface area contributed by atoms with E-state index in [0.29, 0.717) is 13.2 Å². The third kappa shape index (κ3) is 7.25. The zero-order valence-corrected chi connectivity index (χ0v) is 21.0. The number of hydrogen-bond donors (Lipinski definition) is 1. The summed E-state index contributed by atoms with van der Waals surface area (Å²) in [6.07, 6.45) is 0. The first-order valence-electron chi connectivity index (χ1n) is 11.8. The molecule has 0 aliphatic heterocycles. The normalized spacial score (nSPS) is 11.0. The number of hydrogen-bond acceptors (Lipinski definition) is 4. The van der Waals surface area contributed by atoms with Crippen molar-refractivity contribution >= 4 is 17.5 Å². The summed E-state index contributed by atoms with van der Waals surface area (Å²) in [6.45, 7) is 5.10. The lowest BCUT2D eigenvalue weighted by Crippen LogP contribution is -2.44. The lowest BCUT2D eigenvalue weighted by Gasteiger charge is -2.31. The molecular weight excluding hydrogens is 438 g/mol. The fourth-order valence-corrected chi connectivity index (χ4v) is 4.07. The van der Waals surface area contributed by atoms with E-state index in [9.17, 15) is 9.59 Å². The first kappa shape index (κ1) is 26.1. The molecule has 6 heteroatoms. The molecule has 3 rings (SSSR count). The molecular formula is C29H35N3O3. The summed E-state index contributed by atoms with van der Waals surface area (Å²) in [4.78, 5) is 29.9. The quantitative estimate of drug-likeness (QED) is 0.447. The minimum Gasteiger partial charge on any atom is -0.383 e. The van der Waals surface area contributed by atoms with Crippen molar-refractivity contribution in [3.05, 3.63) is 101 Å². The lowest BCUT2D eigenvalue weighted by molar-refractivity contribution is -0.133. The Morgan fingerprint density at radius 1 is 0.857 bits per heavy atom. The van der Waals surface area contributed by atoms with Crippen LogP contribution in [-0.2, 0) is 14.3 Å². The third-order valence-corrected chi connectivity index (χ3v) is 6.23. The molecule has 0 spiro atoms. The highest BCUT2D eigenvalue weighted by molar-refractivity contribution is 5.93. The predicted molar refractivity (Wildman–Crippen MR) is 140 cm³/mol. The van der Waals surface area contributed by atoms with Gasteiger partial charge in [0.15, 0.2) is 0 Å². The highest BCUT2D eigenvalue weighted by atomic mass is 16.5. The number of aryl methyl sites for hydroxylation is 1. The number of anilines is 1. The van der Waals surface area contributed by atoms with E-state index in [2.05, 4.69) is 5.32 Å². The molecule has 35 heavy (non-hydrogen) atoms. The second kappa shape index (κ2) is 12.8. The van der Waals surface area contributed by atoms with Crippen LogP contribution in [0.3, 0.4) is 0 Å². The van der Waals surface area contributed by atoms with Gasteiger partial charge in [0.25, 0.3) is 0 Å². The Kier molecular flexibility index (Phi) is 9.58. The summed E-state index contributed by atoms with van der Waals surface area (Å²) in [5.41, 5.74) is 5.01. The SMILES string of the molecule is COCCN(CC(=O)Nc1cccc(C)c1C)CC(=O)N(C)C(c1ccccc1)c1ccccc1. The monoisotopic (exact) mass is 473 g/mol. The van der Waals surface area contributed by atoms with E-state index in [0.717, 1.165) is 27.9 Å². The van der Waals surface area contributed by atoms with Crippen LogP contribution in [-0.4, -0.2) is 62.0 Å². The lowest BCUT2D eigenvalue weighted by atomic mass is 9.97. The van der Waals surface area contributed by atoms with Crippen molar-refractivity contribution in [2.24, 2.45) is 0 Å². The molecule has 0 heterocycles. The number of ether oxygens (including phenoxy) is 1. The minimum atomic E-state index is -0.224. The van der Waals surface area contributed by atoms with Crippen LogP contribution in [0.4, 0.5) is 5.69 Å². The Bertz CT molecular complexity index is 1060. The molecule has 3 aromatic rings. The zero-order valence-electron chi connectivity index (χ0n) is 21.0. The van der Waals surface area contributed by atoms with Gasteiger partial charge in [0.1, 0.15) is 0 Å². The van der Waals surface area contributed by atoms with Crippen molar-refractivity contribution in [3.63, 3.8) is 0 Å². The molecule has 0 aliphatic carbocycles. The van der Waals surface area contributed by atoms with Gasteiger partial charge in [-0.3, -0.25) is 14.5 Å². The number of methoxy groups -OCH3 is 1. The number of rotatable bonds is 11. The molecule has 1 N–H and O–H groups in total. The van der Waals surface area contributed by atoms with Gasteiger partial charge in [-0.25, -0.2) is 0 Å². The van der Waals surface area contributed by atoms with Gasteiger partial charge in [-0.1, -0.05) is 72.8 Å². The van der Waals surface area contributed by atoms with Crippen LogP contribution in [0.25, 0.3) is 0 Å². The predicted octanol–water partition coefficient (Wildman–Crippen LogP) is 4.44. The standard InChI is InChI=1S/C29H35N3O3/c1-22-12-11-17-26(23(22)2)30-27(33)20-32(18-19-35-4)21-28(34)31(3)29(24-13-7-5-8-14-24)25-15-9-6-10-16-25/h5-17,29H,18-21H2,1-4H3,(H,30,33). The first-order chi connectivity index (χ1) is 16.9. The average Bonchev–Trinajstić information content (AvgIpc) is 2.86. The maximum absolute atomic E-state index is 13.5. The summed E-state index contributed by atoms with van der Waals surface area (Å²) >= 11 is 0. The van der Waals surface area contributed by atoms with E-state index in [1.54, 1.807) is 12.0 Å². The van der Waals surface area contributed by atoms with Crippen LogP contribution in [0, 0.1) is 13.8 Å². The molecule has 0 saturated heterocycles. The van der Waals surface area contributed by atoms with Crippen LogP contribution in [0.15, 0.2) is 78.9 Å². The van der Waals surface area contributed by atoms with Crippen molar-refractivity contribution in [2.75, 3.05) is 45.7 Å². The highest BCUT2D eigenvalue weighted by Crippen LogP contribution is 2.27. The van der Waals surface area contributed by atoms with Crippen LogP contribution in [0.1, 0.15) is 28.3 Å². The molecule has 6 nitrogen and oxygen atoms in total. The maximum atomic E-state index is 13.5. The average molecular weight is 474 g/mol. The van der Waals surface area contributed by atoms with E-state index in [1.165, 1.54) is 0 Å². The number of benzene rings is 3. The summed E-state index contributed by atoms with van der Waals surface area (Å²) in [7, 11) is 3.43. The number of amides is 2. The van der Waals surface area contributed by atoms with Gasteiger partial charge in [-0.2, -0.15) is 0 Å². The smallest absolute Gasteiger partial charge is 0.238 e. The number of likely N-dealkylation sites (N-methyl/N-ethyl adjacent to an activating group) is 1. The minimum absolute atomic E-state index is 0.0710. The van der Waals surface area contributed by atoms with E-state index in [-0.39, 0.29) is 30.9 Å². The molecule has 0 radical (unpaired) electrons. The Morgan fingerprint density at radius 3 is 2.03 bits per heavy atom. The van der Waals surface area contributed by atoms with Crippen molar-refractivity contribution in [3.8, 4) is 0 Å². The van der Waals surface area contributed by atoms with Crippen LogP contribution in [0.2, 0.25) is 0 Å². The fraction of sp³-hybridized carbons (Fsp3) is 0.310. The molecule has 2 amide bonds. The van der Waals surface area contributed by atoms with Gasteiger partial charge in [0.05, 0.1) is 25.7 Å². The fourth-order valence-electron chi connectivity index (χ4n) is 4.07. The number of nitrogens with one attached hydrogen (secondary N) is 1. The Hall–Kier alpha value is -3.48. The van der Waals surface area contributed by atoms with Crippen molar-refractivity contribution in [1.82, 2.24) is 9.80 Å². The van der Waals surface area contributed by atoms with Gasteiger partial charge in [-0.15, -0.1) is 0 Å². The van der Waals surface area contributed by atoms with Crippen molar-refractivity contribution < 1.29 is 14.3 Å². The van der Waals surface area contributed by atoms with Gasteiger partial charge in [0, 0.05) is 26.4 Å². The largest absolute Gasteiger partial charge is 0.383 e. The van der Waals surface area contributed by atoms with Crippen molar-refractivity contribution in [2.45, 2.75) is 19.9 Å². The molecule has 0 fully saturated rings. The summed E-state index contributed by atoms with van der Waals surface area (Å²) in [6, 6.07) is 25.6. The molecule has 0 aliphatic rings. The van der Waals surface area contributed by atoms with Gasteiger partial charge in [0.2, 0.25) is 11.8 Å². The summed E-state index contributed by atoms with van der Waals surface area (Å²) in [5.74, 6) is -0.230. The number of carbonyl (C=O) groups is 2. The van der Waals surface area contributed by atoms with Gasteiger partial charge < -0.3 is 15.0 Å². The third-order valence-electron chi connectivity index (χ3n) is 6.23. The molecule has 0 bridgehead atoms. The van der Waals surface area contributed by atoms with Gasteiger partial charge >= 0.3 is 0 Å². The van der Waals surface area contributed by atoms with Crippen molar-refractivity contribution in [1.29, 1.82) is 0 Å². The van der Waals surface area contributed by atoms with E-state index < -0.39 is 0 Å². The second-order valence-electron chi connectivity index (χ2n) is 8.73. The Balaban J connectivity index is 1.74. The number of nitrogens with zero attached hydrogens (tertiary/aromatic N) is 2. The van der Waals surface area contributed by atoms with Gasteiger partial charge in [-0.05, 0) is 42.2 Å². The highest BCUT2D eigenvalue weighted by Gasteiger charge is 2.25. The molecule has 184 valence electrons. The topological polar surface area (TPSA) is 61.9 Å². The Labute approximate surface area is 208 Å². The number of carbonyl (C=O) groups excluding carboxylic acids is 2. The first-order valence-corrected chi connectivity index (χ1v) is 11.8. The summed E-state index contributed by atoms with van der Waals surface area (Å²) < 4.78 is 5.24. The zero-order chi connectivity index (χ0) is 25.2. The van der Waals surface area contributed by atoms with Crippen LogP contribution < -0.4 is 5.32 Å². The Morgan fingerprint density at radius 2 is 1.46 bits per heavy atom. The molecule has 0 unspecified atom stereocenters. The second-order valence-corrected chi connectivity index (χ2v) is 8.73. The molecule has 3 aromatic carbocycles. The summed E-state index contributed by atoms with van der Waals surface area (Å²) in [5, 5.41) is 2.99. The van der Waals surface area contributed by atoms with Crippen LogP contribution in [0.5, 0.6) is 0 Å². The molecule has 0 saturated carbocycles. The van der Waals surface area contributed by atoms with E-state index >= 15 is 0 Å². The maximum Gasteiger partial charge on any atom is 0.238 e.